The molecule has 6 nitrogen and oxygen atoms in total. The summed E-state index contributed by atoms with van der Waals surface area (Å²) in [6, 6.07) is 8.67. The van der Waals surface area contributed by atoms with Crippen LogP contribution in [-0.4, -0.2) is 56.0 Å². The van der Waals surface area contributed by atoms with E-state index in [-0.39, 0.29) is 0 Å². The van der Waals surface area contributed by atoms with Gasteiger partial charge < -0.3 is 24.1 Å². The van der Waals surface area contributed by atoms with Crippen LogP contribution in [0.5, 0.6) is 0 Å². The summed E-state index contributed by atoms with van der Waals surface area (Å²) in [5.74, 6) is -0.468. The molecule has 1 aliphatic heterocycles. The molecule has 0 saturated carbocycles. The van der Waals surface area contributed by atoms with Crippen LogP contribution < -0.4 is 0 Å². The molecule has 1 saturated heterocycles. The lowest BCUT2D eigenvalue weighted by Gasteiger charge is -2.41. The van der Waals surface area contributed by atoms with Crippen LogP contribution in [0.3, 0.4) is 0 Å². The van der Waals surface area contributed by atoms with Gasteiger partial charge in [0.25, 0.3) is 0 Å². The number of methoxy groups -OCH3 is 2. The Morgan fingerprint density at radius 3 is 2.29 bits per heavy atom. The van der Waals surface area contributed by atoms with E-state index in [1.165, 1.54) is 14.2 Å². The second-order valence-electron chi connectivity index (χ2n) is 4.87. The van der Waals surface area contributed by atoms with E-state index in [2.05, 4.69) is 0 Å². The van der Waals surface area contributed by atoms with Crippen molar-refractivity contribution in [1.82, 2.24) is 0 Å². The fourth-order valence-electron chi connectivity index (χ4n) is 2.44. The predicted molar refractivity (Wildman–Crippen MR) is 73.8 cm³/mol. The number of benzene rings is 1. The maximum absolute atomic E-state index is 12.2. The van der Waals surface area contributed by atoms with E-state index in [9.17, 15) is 9.90 Å². The quantitative estimate of drug-likeness (QED) is 0.835. The predicted octanol–water partition coefficient (Wildman–Crippen LogP) is 0.979. The van der Waals surface area contributed by atoms with Crippen LogP contribution in [0, 0.1) is 0 Å². The normalized spacial score (nSPS) is 32.7. The average molecular weight is 296 g/mol. The van der Waals surface area contributed by atoms with Gasteiger partial charge in [-0.1, -0.05) is 18.2 Å². The van der Waals surface area contributed by atoms with Crippen molar-refractivity contribution < 1.29 is 28.8 Å². The highest BCUT2D eigenvalue weighted by Crippen LogP contribution is 2.26. The van der Waals surface area contributed by atoms with E-state index >= 15 is 0 Å². The second kappa shape index (κ2) is 7.00. The molecule has 0 aliphatic carbocycles. The van der Waals surface area contributed by atoms with Gasteiger partial charge >= 0.3 is 5.97 Å². The molecule has 1 heterocycles. The summed E-state index contributed by atoms with van der Waals surface area (Å²) in [5.41, 5.74) is 0.444. The first-order chi connectivity index (χ1) is 10.1. The van der Waals surface area contributed by atoms with Crippen molar-refractivity contribution in [2.24, 2.45) is 0 Å². The molecule has 0 radical (unpaired) electrons. The number of carbonyl (C=O) groups excluding carboxylic acids is 1. The van der Waals surface area contributed by atoms with E-state index in [1.807, 2.05) is 6.07 Å². The van der Waals surface area contributed by atoms with E-state index in [4.69, 9.17) is 18.9 Å². The molecule has 2 rings (SSSR count). The SMILES string of the molecule is CO[C@@H]1[C@@H](OC)[C@@H](O)O[C@H](C)[C@H]1OC(=O)c1ccccc1. The number of aliphatic hydroxyl groups is 1. The van der Waals surface area contributed by atoms with Crippen LogP contribution in [0.4, 0.5) is 0 Å². The highest BCUT2D eigenvalue weighted by molar-refractivity contribution is 5.89. The molecule has 0 amide bonds. The number of rotatable bonds is 4. The lowest BCUT2D eigenvalue weighted by atomic mass is 9.99. The number of esters is 1. The van der Waals surface area contributed by atoms with Crippen LogP contribution in [-0.2, 0) is 18.9 Å². The van der Waals surface area contributed by atoms with Gasteiger partial charge in [0.1, 0.15) is 12.2 Å². The summed E-state index contributed by atoms with van der Waals surface area (Å²) in [6.07, 6.45) is -3.64. The van der Waals surface area contributed by atoms with Crippen molar-refractivity contribution in [3.8, 4) is 0 Å². The molecule has 6 heteroatoms. The Morgan fingerprint density at radius 1 is 1.10 bits per heavy atom. The van der Waals surface area contributed by atoms with E-state index < -0.39 is 36.7 Å². The van der Waals surface area contributed by atoms with Gasteiger partial charge in [-0.3, -0.25) is 0 Å². The third-order valence-electron chi connectivity index (χ3n) is 3.54. The molecule has 0 aromatic heterocycles. The number of aliphatic hydroxyl groups excluding tert-OH is 1. The Morgan fingerprint density at radius 2 is 1.71 bits per heavy atom. The monoisotopic (exact) mass is 296 g/mol. The van der Waals surface area contributed by atoms with E-state index in [1.54, 1.807) is 31.2 Å². The largest absolute Gasteiger partial charge is 0.453 e. The molecule has 0 spiro atoms. The lowest BCUT2D eigenvalue weighted by Crippen LogP contribution is -2.59. The van der Waals surface area contributed by atoms with Gasteiger partial charge in [0.2, 0.25) is 0 Å². The van der Waals surface area contributed by atoms with Crippen LogP contribution in [0.1, 0.15) is 17.3 Å². The number of ether oxygens (including phenoxy) is 4. The topological polar surface area (TPSA) is 74.2 Å². The third kappa shape index (κ3) is 3.41. The lowest BCUT2D eigenvalue weighted by molar-refractivity contribution is -0.286. The van der Waals surface area contributed by atoms with Gasteiger partial charge in [0, 0.05) is 14.2 Å². The van der Waals surface area contributed by atoms with E-state index in [0.29, 0.717) is 5.56 Å². The maximum atomic E-state index is 12.2. The molecule has 1 N–H and O–H groups in total. The first-order valence-corrected chi connectivity index (χ1v) is 6.73. The van der Waals surface area contributed by atoms with Gasteiger partial charge in [0.05, 0.1) is 11.7 Å². The van der Waals surface area contributed by atoms with Gasteiger partial charge in [-0.05, 0) is 19.1 Å². The molecule has 0 bridgehead atoms. The van der Waals surface area contributed by atoms with Crippen LogP contribution in [0.25, 0.3) is 0 Å². The molecule has 1 aromatic rings. The first-order valence-electron chi connectivity index (χ1n) is 6.73. The summed E-state index contributed by atoms with van der Waals surface area (Å²) < 4.78 is 21.4. The molecular weight excluding hydrogens is 276 g/mol. The van der Waals surface area contributed by atoms with Gasteiger partial charge in [-0.2, -0.15) is 0 Å². The van der Waals surface area contributed by atoms with Crippen LogP contribution in [0.2, 0.25) is 0 Å². The molecule has 1 fully saturated rings. The molecular formula is C15H20O6. The minimum absolute atomic E-state index is 0.444. The Bertz CT molecular complexity index is 462. The van der Waals surface area contributed by atoms with Gasteiger partial charge in [-0.15, -0.1) is 0 Å². The zero-order valence-electron chi connectivity index (χ0n) is 12.3. The second-order valence-corrected chi connectivity index (χ2v) is 4.87. The van der Waals surface area contributed by atoms with Crippen molar-refractivity contribution in [2.75, 3.05) is 14.2 Å². The van der Waals surface area contributed by atoms with Crippen molar-refractivity contribution in [1.29, 1.82) is 0 Å². The molecule has 116 valence electrons. The average Bonchev–Trinajstić information content (AvgIpc) is 2.50. The van der Waals surface area contributed by atoms with Gasteiger partial charge in [-0.25, -0.2) is 4.79 Å². The standard InChI is InChI=1S/C15H20O6/c1-9-11(12(18-2)13(19-3)15(17)20-9)21-14(16)10-7-5-4-6-8-10/h4-9,11-13,15,17H,1-3H3/t9-,11-,12+,13-,15+/m1/s1. The summed E-state index contributed by atoms with van der Waals surface area (Å²) in [7, 11) is 2.92. The Hall–Kier alpha value is -1.47. The van der Waals surface area contributed by atoms with E-state index in [0.717, 1.165) is 0 Å². The Labute approximate surface area is 123 Å². The zero-order valence-corrected chi connectivity index (χ0v) is 12.3. The number of hydrogen-bond acceptors (Lipinski definition) is 6. The highest BCUT2D eigenvalue weighted by atomic mass is 16.7. The van der Waals surface area contributed by atoms with Crippen molar-refractivity contribution in [2.45, 2.75) is 37.6 Å². The minimum atomic E-state index is -1.12. The molecule has 1 aromatic carbocycles. The molecule has 1 aliphatic rings. The fraction of sp³-hybridized carbons (Fsp3) is 0.533. The number of carbonyl (C=O) groups is 1. The summed E-state index contributed by atoms with van der Waals surface area (Å²) in [6.45, 7) is 1.71. The summed E-state index contributed by atoms with van der Waals surface area (Å²) in [5, 5.41) is 9.84. The Balaban J connectivity index is 2.14. The van der Waals surface area contributed by atoms with Gasteiger partial charge in [0.15, 0.2) is 12.4 Å². The summed E-state index contributed by atoms with van der Waals surface area (Å²) >= 11 is 0. The Kier molecular flexibility index (Phi) is 5.30. The maximum Gasteiger partial charge on any atom is 0.338 e. The zero-order chi connectivity index (χ0) is 15.4. The van der Waals surface area contributed by atoms with Crippen LogP contribution in [0.15, 0.2) is 30.3 Å². The number of hydrogen-bond donors (Lipinski definition) is 1. The van der Waals surface area contributed by atoms with Crippen LogP contribution >= 0.6 is 0 Å². The van der Waals surface area contributed by atoms with Crippen molar-refractivity contribution >= 4 is 5.97 Å². The highest BCUT2D eigenvalue weighted by Gasteiger charge is 2.46. The first kappa shape index (κ1) is 15.9. The fourth-order valence-corrected chi connectivity index (χ4v) is 2.44. The third-order valence-corrected chi connectivity index (χ3v) is 3.54. The molecule has 0 unspecified atom stereocenters. The molecule has 5 atom stereocenters. The van der Waals surface area contributed by atoms with Crippen molar-refractivity contribution in [3.05, 3.63) is 35.9 Å². The van der Waals surface area contributed by atoms with Crippen molar-refractivity contribution in [3.63, 3.8) is 0 Å². The molecule has 21 heavy (non-hydrogen) atoms. The summed E-state index contributed by atoms with van der Waals surface area (Å²) in [4.78, 5) is 12.2. The minimum Gasteiger partial charge on any atom is -0.453 e. The smallest absolute Gasteiger partial charge is 0.338 e.